The number of rotatable bonds is 4. The van der Waals surface area contributed by atoms with Gasteiger partial charge in [0.05, 0.1) is 16.3 Å². The van der Waals surface area contributed by atoms with Crippen LogP contribution in [0.4, 0.5) is 21.5 Å². The van der Waals surface area contributed by atoms with Crippen molar-refractivity contribution in [3.8, 4) is 0 Å². The van der Waals surface area contributed by atoms with Crippen LogP contribution in [0.25, 0.3) is 6.08 Å². The minimum absolute atomic E-state index is 0.114. The molecule has 2 amide bonds. The molecular formula is C26H20FN3O4S. The maximum atomic E-state index is 14.1. The van der Waals surface area contributed by atoms with Gasteiger partial charge in [0.25, 0.3) is 17.5 Å². The fraction of sp³-hybridized carbons (Fsp3) is 0.115. The predicted octanol–water partition coefficient (Wildman–Crippen LogP) is 5.41. The highest BCUT2D eigenvalue weighted by Crippen LogP contribution is 2.34. The van der Waals surface area contributed by atoms with Crippen molar-refractivity contribution in [1.82, 2.24) is 0 Å². The highest BCUT2D eigenvalue weighted by molar-refractivity contribution is 7.81. The van der Waals surface area contributed by atoms with Crippen LogP contribution < -0.4 is 9.80 Å². The maximum absolute atomic E-state index is 14.1. The summed E-state index contributed by atoms with van der Waals surface area (Å²) in [4.78, 5) is 40.3. The molecule has 1 aliphatic heterocycles. The number of carbonyl (C=O) groups excluding carboxylic acids is 2. The molecule has 1 fully saturated rings. The molecule has 0 atom stereocenters. The van der Waals surface area contributed by atoms with E-state index in [1.54, 1.807) is 6.07 Å². The third-order valence-electron chi connectivity index (χ3n) is 5.57. The Bertz CT molecular complexity index is 1430. The SMILES string of the molecule is Cc1cc(C)c(N2C(=O)/C(=C/c3cccc([N+](=O)[O-])c3)C(=O)N(c3cccc(F)c3)C2=S)c(C)c1. The summed E-state index contributed by atoms with van der Waals surface area (Å²) in [6.45, 7) is 5.59. The van der Waals surface area contributed by atoms with Crippen LogP contribution in [-0.2, 0) is 9.59 Å². The number of anilines is 2. The molecular weight excluding hydrogens is 469 g/mol. The van der Waals surface area contributed by atoms with E-state index >= 15 is 0 Å². The third kappa shape index (κ3) is 4.45. The lowest BCUT2D eigenvalue weighted by atomic mass is 10.0. The van der Waals surface area contributed by atoms with Gasteiger partial charge in [-0.1, -0.05) is 35.9 Å². The second kappa shape index (κ2) is 9.19. The molecule has 4 rings (SSSR count). The van der Waals surface area contributed by atoms with Gasteiger partial charge >= 0.3 is 0 Å². The lowest BCUT2D eigenvalue weighted by molar-refractivity contribution is -0.384. The topological polar surface area (TPSA) is 83.8 Å². The van der Waals surface area contributed by atoms with Crippen LogP contribution in [0.2, 0.25) is 0 Å². The van der Waals surface area contributed by atoms with Crippen molar-refractivity contribution in [2.45, 2.75) is 20.8 Å². The van der Waals surface area contributed by atoms with Crippen LogP contribution in [-0.4, -0.2) is 21.9 Å². The number of nitrogens with zero attached hydrogens (tertiary/aromatic N) is 3. The fourth-order valence-corrected chi connectivity index (χ4v) is 4.55. The molecule has 0 bridgehead atoms. The molecule has 176 valence electrons. The summed E-state index contributed by atoms with van der Waals surface area (Å²) in [6, 6.07) is 14.7. The zero-order valence-corrected chi connectivity index (χ0v) is 19.9. The molecule has 0 N–H and O–H groups in total. The number of thiocarbonyl (C=S) groups is 1. The quantitative estimate of drug-likeness (QED) is 0.161. The third-order valence-corrected chi connectivity index (χ3v) is 5.93. The molecule has 3 aromatic rings. The van der Waals surface area contributed by atoms with E-state index in [1.165, 1.54) is 47.4 Å². The van der Waals surface area contributed by atoms with E-state index < -0.39 is 22.6 Å². The van der Waals surface area contributed by atoms with Crippen LogP contribution in [0.3, 0.4) is 0 Å². The molecule has 35 heavy (non-hydrogen) atoms. The monoisotopic (exact) mass is 489 g/mol. The van der Waals surface area contributed by atoms with Crippen LogP contribution in [0.15, 0.2) is 66.2 Å². The number of benzene rings is 3. The number of amides is 2. The highest BCUT2D eigenvalue weighted by Gasteiger charge is 2.42. The van der Waals surface area contributed by atoms with Crippen molar-refractivity contribution >= 4 is 52.3 Å². The van der Waals surface area contributed by atoms with E-state index in [0.717, 1.165) is 27.7 Å². The Balaban J connectivity index is 1.94. The number of aryl methyl sites for hydroxylation is 3. The second-order valence-electron chi connectivity index (χ2n) is 8.20. The Morgan fingerprint density at radius 3 is 2.17 bits per heavy atom. The van der Waals surface area contributed by atoms with Crippen molar-refractivity contribution in [1.29, 1.82) is 0 Å². The van der Waals surface area contributed by atoms with Gasteiger partial charge in [-0.2, -0.15) is 0 Å². The van der Waals surface area contributed by atoms with Crippen molar-refractivity contribution in [2.75, 3.05) is 9.80 Å². The van der Waals surface area contributed by atoms with E-state index in [1.807, 2.05) is 32.9 Å². The number of non-ortho nitro benzene ring substituents is 1. The lowest BCUT2D eigenvalue weighted by Gasteiger charge is -2.38. The van der Waals surface area contributed by atoms with Gasteiger partial charge in [-0.25, -0.2) is 4.39 Å². The Morgan fingerprint density at radius 1 is 0.914 bits per heavy atom. The van der Waals surface area contributed by atoms with Gasteiger partial charge < -0.3 is 0 Å². The Morgan fingerprint density at radius 2 is 1.54 bits per heavy atom. The summed E-state index contributed by atoms with van der Waals surface area (Å²) in [6.07, 6.45) is 1.29. The van der Waals surface area contributed by atoms with Crippen LogP contribution in [0.5, 0.6) is 0 Å². The fourth-order valence-electron chi connectivity index (χ4n) is 4.19. The first-order valence-corrected chi connectivity index (χ1v) is 11.0. The average molecular weight is 490 g/mol. The van der Waals surface area contributed by atoms with E-state index in [9.17, 15) is 24.1 Å². The number of hydrogen-bond donors (Lipinski definition) is 0. The molecule has 0 aromatic heterocycles. The van der Waals surface area contributed by atoms with Crippen LogP contribution >= 0.6 is 12.2 Å². The highest BCUT2D eigenvalue weighted by atomic mass is 32.1. The number of nitro benzene ring substituents is 1. The summed E-state index contributed by atoms with van der Waals surface area (Å²) in [5.41, 5.74) is 3.04. The van der Waals surface area contributed by atoms with Crippen LogP contribution in [0, 0.1) is 36.7 Å². The Labute approximate surface area is 206 Å². The summed E-state index contributed by atoms with van der Waals surface area (Å²) < 4.78 is 14.1. The van der Waals surface area contributed by atoms with Gasteiger partial charge in [-0.15, -0.1) is 0 Å². The zero-order valence-electron chi connectivity index (χ0n) is 19.1. The van der Waals surface area contributed by atoms with Crippen molar-refractivity contribution < 1.29 is 18.9 Å². The van der Waals surface area contributed by atoms with E-state index in [-0.39, 0.29) is 22.1 Å². The molecule has 3 aromatic carbocycles. The molecule has 0 radical (unpaired) electrons. The predicted molar refractivity (Wildman–Crippen MR) is 136 cm³/mol. The van der Waals surface area contributed by atoms with E-state index in [4.69, 9.17) is 12.2 Å². The smallest absolute Gasteiger partial charge is 0.268 e. The first kappa shape index (κ1) is 23.9. The van der Waals surface area contributed by atoms with Crippen molar-refractivity contribution in [2.24, 2.45) is 0 Å². The molecule has 7 nitrogen and oxygen atoms in total. The Hall–Kier alpha value is -4.24. The molecule has 0 saturated carbocycles. The standard InChI is InChI=1S/C26H20FN3O4S/c1-15-10-16(2)23(17(3)11-15)29-25(32)22(13-18-6-4-9-21(12-18)30(33)34)24(31)28(26(29)35)20-8-5-7-19(27)14-20/h4-14H,1-3H3/b22-13+. The summed E-state index contributed by atoms with van der Waals surface area (Å²) in [5, 5.41) is 11.1. The van der Waals surface area contributed by atoms with Gasteiger partial charge in [0.1, 0.15) is 11.4 Å². The largest absolute Gasteiger partial charge is 0.270 e. The van der Waals surface area contributed by atoms with Crippen LogP contribution in [0.1, 0.15) is 22.3 Å². The summed E-state index contributed by atoms with van der Waals surface area (Å²) in [5.74, 6) is -2.00. The van der Waals surface area contributed by atoms with E-state index in [2.05, 4.69) is 0 Å². The van der Waals surface area contributed by atoms with Crippen molar-refractivity contribution in [3.63, 3.8) is 0 Å². The minimum Gasteiger partial charge on any atom is -0.268 e. The zero-order chi connectivity index (χ0) is 25.4. The number of nitro groups is 1. The molecule has 9 heteroatoms. The molecule has 1 saturated heterocycles. The second-order valence-corrected chi connectivity index (χ2v) is 8.57. The van der Waals surface area contributed by atoms with E-state index in [0.29, 0.717) is 11.3 Å². The first-order valence-electron chi connectivity index (χ1n) is 10.6. The maximum Gasteiger partial charge on any atom is 0.270 e. The Kier molecular flexibility index (Phi) is 6.27. The molecule has 1 heterocycles. The van der Waals surface area contributed by atoms with Crippen molar-refractivity contribution in [3.05, 3.63) is 104 Å². The number of halogens is 1. The molecule has 0 aliphatic carbocycles. The number of carbonyl (C=O) groups is 2. The molecule has 0 spiro atoms. The lowest BCUT2D eigenvalue weighted by Crippen LogP contribution is -2.57. The first-order chi connectivity index (χ1) is 16.6. The number of hydrogen-bond acceptors (Lipinski definition) is 5. The molecule has 1 aliphatic rings. The van der Waals surface area contributed by atoms with Gasteiger partial charge in [0, 0.05) is 12.1 Å². The summed E-state index contributed by atoms with van der Waals surface area (Å²) >= 11 is 5.61. The van der Waals surface area contributed by atoms with Gasteiger partial charge in [0.15, 0.2) is 5.11 Å². The minimum atomic E-state index is -0.754. The normalized spacial score (nSPS) is 15.2. The molecule has 0 unspecified atom stereocenters. The summed E-state index contributed by atoms with van der Waals surface area (Å²) in [7, 11) is 0. The van der Waals surface area contributed by atoms with Gasteiger partial charge in [-0.3, -0.25) is 29.5 Å². The van der Waals surface area contributed by atoms with Gasteiger partial charge in [0.2, 0.25) is 0 Å². The van der Waals surface area contributed by atoms with Gasteiger partial charge in [-0.05, 0) is 74.0 Å². The average Bonchev–Trinajstić information content (AvgIpc) is 2.78.